The molecule has 2 aliphatic heterocycles. The van der Waals surface area contributed by atoms with Gasteiger partial charge in [-0.25, -0.2) is 0 Å². The van der Waals surface area contributed by atoms with E-state index in [1.54, 1.807) is 0 Å². The summed E-state index contributed by atoms with van der Waals surface area (Å²) in [6, 6.07) is 0. The van der Waals surface area contributed by atoms with Crippen LogP contribution < -0.4 is 0 Å². The van der Waals surface area contributed by atoms with E-state index in [0.717, 1.165) is 49.5 Å². The molecule has 0 amide bonds. The van der Waals surface area contributed by atoms with Gasteiger partial charge in [0.2, 0.25) is 0 Å². The van der Waals surface area contributed by atoms with Gasteiger partial charge in [0.05, 0.1) is 0 Å². The summed E-state index contributed by atoms with van der Waals surface area (Å²) in [6.45, 7) is 1.76. The standard InChI is InChI=1S/C10H18Cl2O2Se/c11-15(12,7-9-3-1-5-13-9)8-10-4-2-6-14-10/h9-10H,1-8H2. The molecule has 5 heteroatoms. The average molecular weight is 320 g/mol. The van der Waals surface area contributed by atoms with E-state index < -0.39 is 11.0 Å². The zero-order chi connectivity index (χ0) is 10.7. The van der Waals surface area contributed by atoms with Gasteiger partial charge in [-0.2, -0.15) is 0 Å². The Morgan fingerprint density at radius 3 is 1.73 bits per heavy atom. The van der Waals surface area contributed by atoms with Crippen LogP contribution in [-0.4, -0.2) is 36.4 Å². The zero-order valence-corrected chi connectivity index (χ0v) is 12.0. The Morgan fingerprint density at radius 2 is 1.40 bits per heavy atom. The molecule has 2 nitrogen and oxygen atoms in total. The van der Waals surface area contributed by atoms with Crippen LogP contribution >= 0.6 is 20.2 Å². The molecule has 2 atom stereocenters. The van der Waals surface area contributed by atoms with Crippen molar-refractivity contribution in [2.45, 2.75) is 48.5 Å². The van der Waals surface area contributed by atoms with E-state index in [0.29, 0.717) is 12.2 Å². The molecule has 0 radical (unpaired) electrons. The van der Waals surface area contributed by atoms with Gasteiger partial charge in [-0.15, -0.1) is 0 Å². The van der Waals surface area contributed by atoms with Crippen molar-refractivity contribution in [1.29, 1.82) is 0 Å². The van der Waals surface area contributed by atoms with Gasteiger partial charge in [0.15, 0.2) is 0 Å². The molecular formula is C10H18Cl2O2Se. The monoisotopic (exact) mass is 320 g/mol. The van der Waals surface area contributed by atoms with Gasteiger partial charge >= 0.3 is 102 Å². The second-order valence-electron chi connectivity index (χ2n) is 4.30. The molecule has 0 bridgehead atoms. The molecule has 0 aromatic rings. The average Bonchev–Trinajstić information content (AvgIpc) is 2.75. The molecule has 0 N–H and O–H groups in total. The number of ether oxygens (including phenoxy) is 2. The molecule has 0 aromatic heterocycles. The van der Waals surface area contributed by atoms with Crippen molar-refractivity contribution in [3.05, 3.63) is 0 Å². The maximum absolute atomic E-state index is 6.46. The molecule has 2 rings (SSSR count). The van der Waals surface area contributed by atoms with Crippen LogP contribution in [0, 0.1) is 0 Å². The van der Waals surface area contributed by atoms with Gasteiger partial charge < -0.3 is 0 Å². The summed E-state index contributed by atoms with van der Waals surface area (Å²) in [7, 11) is 12.9. The fraction of sp³-hybridized carbons (Fsp3) is 1.00. The third-order valence-electron chi connectivity index (χ3n) is 2.91. The first-order valence-electron chi connectivity index (χ1n) is 5.57. The number of halogens is 2. The van der Waals surface area contributed by atoms with Crippen molar-refractivity contribution in [2.24, 2.45) is 0 Å². The van der Waals surface area contributed by atoms with Gasteiger partial charge in [0.1, 0.15) is 0 Å². The van der Waals surface area contributed by atoms with Gasteiger partial charge in [0, 0.05) is 0 Å². The van der Waals surface area contributed by atoms with Gasteiger partial charge in [0.25, 0.3) is 0 Å². The Bertz CT molecular complexity index is 182. The third kappa shape index (κ3) is 4.07. The topological polar surface area (TPSA) is 18.5 Å². The first-order valence-corrected chi connectivity index (χ1v) is 12.5. The molecule has 0 aliphatic carbocycles. The summed E-state index contributed by atoms with van der Waals surface area (Å²) in [6.07, 6.45) is 5.22. The fourth-order valence-corrected chi connectivity index (χ4v) is 8.76. The van der Waals surface area contributed by atoms with Gasteiger partial charge in [-0.05, 0) is 0 Å². The number of hydrogen-bond acceptors (Lipinski definition) is 2. The Labute approximate surface area is 102 Å². The first kappa shape index (κ1) is 12.5. The summed E-state index contributed by atoms with van der Waals surface area (Å²) in [5, 5.41) is 1.78. The molecule has 2 aliphatic rings. The van der Waals surface area contributed by atoms with Crippen molar-refractivity contribution in [2.75, 3.05) is 13.2 Å². The van der Waals surface area contributed by atoms with Crippen LogP contribution in [0.4, 0.5) is 0 Å². The summed E-state index contributed by atoms with van der Waals surface area (Å²) in [4.78, 5) is 0. The second kappa shape index (κ2) is 5.57. The van der Waals surface area contributed by atoms with Crippen LogP contribution in [-0.2, 0) is 9.47 Å². The van der Waals surface area contributed by atoms with Crippen molar-refractivity contribution in [3.63, 3.8) is 0 Å². The van der Waals surface area contributed by atoms with E-state index in [1.807, 2.05) is 0 Å². The fourth-order valence-electron chi connectivity index (χ4n) is 2.16. The zero-order valence-electron chi connectivity index (χ0n) is 8.79. The Balaban J connectivity index is 1.76. The van der Waals surface area contributed by atoms with Crippen LogP contribution in [0.15, 0.2) is 0 Å². The van der Waals surface area contributed by atoms with Crippen LogP contribution in [0.2, 0.25) is 10.6 Å². The third-order valence-corrected chi connectivity index (χ3v) is 9.13. The molecule has 2 unspecified atom stereocenters. The van der Waals surface area contributed by atoms with E-state index in [9.17, 15) is 0 Å². The van der Waals surface area contributed by atoms with Crippen LogP contribution in [0.3, 0.4) is 0 Å². The maximum atomic E-state index is 6.46. The van der Waals surface area contributed by atoms with Crippen LogP contribution in [0.25, 0.3) is 0 Å². The predicted molar refractivity (Wildman–Crippen MR) is 65.0 cm³/mol. The van der Waals surface area contributed by atoms with E-state index in [-0.39, 0.29) is 0 Å². The number of hydrogen-bond donors (Lipinski definition) is 0. The van der Waals surface area contributed by atoms with E-state index in [4.69, 9.17) is 29.7 Å². The molecule has 0 spiro atoms. The first-order chi connectivity index (χ1) is 7.16. The normalized spacial score (nSPS) is 33.5. The quantitative estimate of drug-likeness (QED) is 0.740. The van der Waals surface area contributed by atoms with Crippen molar-refractivity contribution in [3.8, 4) is 0 Å². The van der Waals surface area contributed by atoms with Crippen LogP contribution in [0.5, 0.6) is 0 Å². The molecule has 2 saturated heterocycles. The molecule has 90 valence electrons. The second-order valence-corrected chi connectivity index (χ2v) is 15.6. The Hall–Kier alpha value is 1.02. The summed E-state index contributed by atoms with van der Waals surface area (Å²) < 4.78 is 11.2. The summed E-state index contributed by atoms with van der Waals surface area (Å²) in [5.74, 6) is 0. The van der Waals surface area contributed by atoms with Gasteiger partial charge in [-0.1, -0.05) is 0 Å². The summed E-state index contributed by atoms with van der Waals surface area (Å²) >= 11 is -2.32. The molecule has 15 heavy (non-hydrogen) atoms. The SMILES string of the molecule is Cl[Se](Cl)(CC1CCCO1)CC1CCCO1. The molecular weight excluding hydrogens is 302 g/mol. The molecule has 0 saturated carbocycles. The van der Waals surface area contributed by atoms with Crippen molar-refractivity contribution < 1.29 is 9.47 Å². The number of rotatable bonds is 4. The van der Waals surface area contributed by atoms with Gasteiger partial charge in [-0.3, -0.25) is 0 Å². The van der Waals surface area contributed by atoms with Crippen molar-refractivity contribution >= 4 is 31.2 Å². The van der Waals surface area contributed by atoms with Crippen molar-refractivity contribution in [1.82, 2.24) is 0 Å². The molecule has 2 heterocycles. The predicted octanol–water partition coefficient (Wildman–Crippen LogP) is 3.26. The molecule has 2 fully saturated rings. The van der Waals surface area contributed by atoms with E-state index in [2.05, 4.69) is 0 Å². The minimum atomic E-state index is -2.32. The van der Waals surface area contributed by atoms with E-state index in [1.165, 1.54) is 0 Å². The van der Waals surface area contributed by atoms with Crippen LogP contribution in [0.1, 0.15) is 25.7 Å². The van der Waals surface area contributed by atoms with E-state index >= 15 is 0 Å². The molecule has 0 aromatic carbocycles. The Kier molecular flexibility index (Phi) is 4.63. The Morgan fingerprint density at radius 1 is 0.933 bits per heavy atom. The minimum absolute atomic E-state index is 0.321. The summed E-state index contributed by atoms with van der Waals surface area (Å²) in [5.41, 5.74) is 0.